The average molecular weight is 285 g/mol. The topological polar surface area (TPSA) is 57.9 Å². The van der Waals surface area contributed by atoms with Crippen molar-refractivity contribution in [1.82, 2.24) is 0 Å². The summed E-state index contributed by atoms with van der Waals surface area (Å²) in [4.78, 5) is 0. The molecule has 1 saturated carbocycles. The van der Waals surface area contributed by atoms with E-state index in [1.54, 1.807) is 0 Å². The van der Waals surface area contributed by atoms with Crippen LogP contribution in [0.1, 0.15) is 59.3 Å². The van der Waals surface area contributed by atoms with E-state index in [-0.39, 0.29) is 11.2 Å². The van der Waals surface area contributed by atoms with Gasteiger partial charge in [-0.25, -0.2) is 8.42 Å². The lowest BCUT2D eigenvalue weighted by Crippen LogP contribution is -2.32. The maximum atomic E-state index is 11.2. The fraction of sp³-hybridized carbons (Fsp3) is 0.933. The Morgan fingerprint density at radius 1 is 1.26 bits per heavy atom. The van der Waals surface area contributed by atoms with Crippen LogP contribution in [0.2, 0.25) is 0 Å². The normalized spacial score (nSPS) is 28.9. The molecule has 3 nitrogen and oxygen atoms in total. The Labute approximate surface area is 118 Å². The van der Waals surface area contributed by atoms with Crippen LogP contribution in [0.25, 0.3) is 0 Å². The standard InChI is InChI=1S/C15H27NO2S/c1-14(2,3)13-6-9-15(12-16,10-7-13)8-5-11-19(4,17)18/h13H,5-11H2,1-4H3. The number of rotatable bonds is 4. The maximum Gasteiger partial charge on any atom is 0.147 e. The van der Waals surface area contributed by atoms with Crippen LogP contribution in [0.3, 0.4) is 0 Å². The molecule has 0 atom stereocenters. The van der Waals surface area contributed by atoms with E-state index in [2.05, 4.69) is 26.8 Å². The third kappa shape index (κ3) is 5.14. The lowest BCUT2D eigenvalue weighted by atomic mass is 9.63. The van der Waals surface area contributed by atoms with Gasteiger partial charge in [0.1, 0.15) is 9.84 Å². The van der Waals surface area contributed by atoms with Gasteiger partial charge in [-0.05, 0) is 49.9 Å². The molecule has 0 radical (unpaired) electrons. The number of nitrogens with zero attached hydrogens (tertiary/aromatic N) is 1. The van der Waals surface area contributed by atoms with Gasteiger partial charge in [0.2, 0.25) is 0 Å². The quantitative estimate of drug-likeness (QED) is 0.793. The summed E-state index contributed by atoms with van der Waals surface area (Å²) in [6.07, 6.45) is 6.65. The Morgan fingerprint density at radius 3 is 2.16 bits per heavy atom. The predicted octanol–water partition coefficient (Wildman–Crippen LogP) is 3.56. The van der Waals surface area contributed by atoms with Gasteiger partial charge in [-0.15, -0.1) is 0 Å². The van der Waals surface area contributed by atoms with Gasteiger partial charge in [0, 0.05) is 12.0 Å². The lowest BCUT2D eigenvalue weighted by molar-refractivity contribution is 0.115. The Kier molecular flexibility index (Phi) is 5.06. The van der Waals surface area contributed by atoms with E-state index in [9.17, 15) is 13.7 Å². The third-order valence-corrected chi connectivity index (χ3v) is 5.61. The molecule has 0 aliphatic heterocycles. The van der Waals surface area contributed by atoms with Gasteiger partial charge in [0.15, 0.2) is 0 Å². The van der Waals surface area contributed by atoms with Crippen LogP contribution in [0.4, 0.5) is 0 Å². The molecule has 0 aromatic heterocycles. The first-order chi connectivity index (χ1) is 8.58. The monoisotopic (exact) mass is 285 g/mol. The molecule has 0 heterocycles. The number of hydrogen-bond donors (Lipinski definition) is 0. The highest BCUT2D eigenvalue weighted by Crippen LogP contribution is 2.47. The van der Waals surface area contributed by atoms with Crippen LogP contribution in [-0.2, 0) is 9.84 Å². The second-order valence-electron chi connectivity index (χ2n) is 7.27. The molecule has 110 valence electrons. The van der Waals surface area contributed by atoms with Gasteiger partial charge >= 0.3 is 0 Å². The van der Waals surface area contributed by atoms with Crippen molar-refractivity contribution in [1.29, 1.82) is 5.26 Å². The Bertz CT molecular complexity index is 432. The molecule has 0 spiro atoms. The molecule has 0 aromatic rings. The zero-order valence-corrected chi connectivity index (χ0v) is 13.5. The number of hydrogen-bond acceptors (Lipinski definition) is 3. The summed E-state index contributed by atoms with van der Waals surface area (Å²) in [5, 5.41) is 9.46. The molecule has 1 fully saturated rings. The van der Waals surface area contributed by atoms with Crippen LogP contribution >= 0.6 is 0 Å². The van der Waals surface area contributed by atoms with Gasteiger partial charge in [-0.3, -0.25) is 0 Å². The van der Waals surface area contributed by atoms with E-state index >= 15 is 0 Å². The van der Waals surface area contributed by atoms with Crippen molar-refractivity contribution >= 4 is 9.84 Å². The molecule has 0 N–H and O–H groups in total. The molecule has 0 saturated heterocycles. The molecule has 19 heavy (non-hydrogen) atoms. The maximum absolute atomic E-state index is 11.2. The average Bonchev–Trinajstić information content (AvgIpc) is 2.26. The SMILES string of the molecule is CC(C)(C)C1CCC(C#N)(CCCS(C)(=O)=O)CC1. The molecule has 0 bridgehead atoms. The van der Waals surface area contributed by atoms with Crippen LogP contribution in [-0.4, -0.2) is 20.4 Å². The van der Waals surface area contributed by atoms with E-state index in [1.165, 1.54) is 6.26 Å². The predicted molar refractivity (Wildman–Crippen MR) is 78.4 cm³/mol. The van der Waals surface area contributed by atoms with E-state index in [0.717, 1.165) is 32.1 Å². The van der Waals surface area contributed by atoms with E-state index < -0.39 is 9.84 Å². The van der Waals surface area contributed by atoms with Crippen LogP contribution in [0.15, 0.2) is 0 Å². The summed E-state index contributed by atoms with van der Waals surface area (Å²) in [5.41, 5.74) is 0.0425. The zero-order valence-electron chi connectivity index (χ0n) is 12.7. The van der Waals surface area contributed by atoms with Crippen LogP contribution in [0, 0.1) is 28.1 Å². The summed E-state index contributed by atoms with van der Waals surface area (Å²) in [6, 6.07) is 2.48. The molecule has 1 rings (SSSR count). The molecule has 1 aliphatic rings. The molecule has 0 aromatic carbocycles. The highest BCUT2D eigenvalue weighted by atomic mass is 32.2. The summed E-state index contributed by atoms with van der Waals surface area (Å²) < 4.78 is 22.3. The van der Waals surface area contributed by atoms with Gasteiger partial charge in [-0.2, -0.15) is 5.26 Å². The van der Waals surface area contributed by atoms with E-state index in [1.807, 2.05) is 0 Å². The largest absolute Gasteiger partial charge is 0.229 e. The van der Waals surface area contributed by atoms with Crippen molar-refractivity contribution in [2.45, 2.75) is 59.3 Å². The van der Waals surface area contributed by atoms with E-state index in [0.29, 0.717) is 17.8 Å². The number of nitriles is 1. The smallest absolute Gasteiger partial charge is 0.147 e. The third-order valence-electron chi connectivity index (χ3n) is 4.58. The minimum atomic E-state index is -2.90. The molecule has 1 aliphatic carbocycles. The van der Waals surface area contributed by atoms with Crippen LogP contribution < -0.4 is 0 Å². The molecule has 0 amide bonds. The first kappa shape index (κ1) is 16.5. The fourth-order valence-corrected chi connectivity index (χ4v) is 3.80. The van der Waals surface area contributed by atoms with Gasteiger partial charge in [-0.1, -0.05) is 20.8 Å². The first-order valence-corrected chi connectivity index (χ1v) is 9.23. The lowest BCUT2D eigenvalue weighted by Gasteiger charge is -2.40. The second-order valence-corrected chi connectivity index (χ2v) is 9.53. The Balaban J connectivity index is 2.54. The highest BCUT2D eigenvalue weighted by molar-refractivity contribution is 7.90. The molecule has 4 heteroatoms. The fourth-order valence-electron chi connectivity index (χ4n) is 3.13. The van der Waals surface area contributed by atoms with Crippen molar-refractivity contribution < 1.29 is 8.42 Å². The summed E-state index contributed by atoms with van der Waals surface area (Å²) >= 11 is 0. The Morgan fingerprint density at radius 2 is 1.79 bits per heavy atom. The van der Waals surface area contributed by atoms with Crippen molar-refractivity contribution in [2.24, 2.45) is 16.7 Å². The van der Waals surface area contributed by atoms with Crippen molar-refractivity contribution in [3.05, 3.63) is 0 Å². The van der Waals surface area contributed by atoms with Crippen molar-refractivity contribution in [3.8, 4) is 6.07 Å². The molecule has 0 unspecified atom stereocenters. The summed E-state index contributed by atoms with van der Waals surface area (Å²) in [7, 11) is -2.90. The van der Waals surface area contributed by atoms with Gasteiger partial charge < -0.3 is 0 Å². The van der Waals surface area contributed by atoms with Crippen LogP contribution in [0.5, 0.6) is 0 Å². The second kappa shape index (κ2) is 5.83. The summed E-state index contributed by atoms with van der Waals surface area (Å²) in [5.74, 6) is 0.892. The van der Waals surface area contributed by atoms with Gasteiger partial charge in [0.05, 0.1) is 11.5 Å². The minimum Gasteiger partial charge on any atom is -0.229 e. The zero-order chi connectivity index (χ0) is 14.7. The van der Waals surface area contributed by atoms with Crippen molar-refractivity contribution in [2.75, 3.05) is 12.0 Å². The first-order valence-electron chi connectivity index (χ1n) is 7.17. The number of sulfone groups is 1. The minimum absolute atomic E-state index is 0.207. The van der Waals surface area contributed by atoms with Crippen molar-refractivity contribution in [3.63, 3.8) is 0 Å². The summed E-state index contributed by atoms with van der Waals surface area (Å²) in [6.45, 7) is 6.79. The molecular weight excluding hydrogens is 258 g/mol. The highest BCUT2D eigenvalue weighted by Gasteiger charge is 2.38. The van der Waals surface area contributed by atoms with E-state index in [4.69, 9.17) is 0 Å². The Hall–Kier alpha value is -0.560. The molecular formula is C15H27NO2S. The van der Waals surface area contributed by atoms with Gasteiger partial charge in [0.25, 0.3) is 0 Å².